The molecule has 0 saturated carbocycles. The van der Waals surface area contributed by atoms with E-state index in [1.165, 1.54) is 12.1 Å². The minimum absolute atomic E-state index is 0.228. The van der Waals surface area contributed by atoms with Gasteiger partial charge in [-0.15, -0.1) is 0 Å². The van der Waals surface area contributed by atoms with Gasteiger partial charge in [-0.1, -0.05) is 24.3 Å². The molecule has 3 aromatic carbocycles. The van der Waals surface area contributed by atoms with Gasteiger partial charge in [0, 0.05) is 23.5 Å². The van der Waals surface area contributed by atoms with Crippen molar-refractivity contribution in [2.24, 2.45) is 0 Å². The molecule has 0 bridgehead atoms. The summed E-state index contributed by atoms with van der Waals surface area (Å²) >= 11 is 0. The Morgan fingerprint density at radius 3 is 2.27 bits per heavy atom. The highest BCUT2D eigenvalue weighted by Gasteiger charge is 2.11. The van der Waals surface area contributed by atoms with Crippen LogP contribution in [0.15, 0.2) is 79.3 Å². The molecule has 0 fully saturated rings. The lowest BCUT2D eigenvalue weighted by molar-refractivity contribution is 0.102. The van der Waals surface area contributed by atoms with Gasteiger partial charge in [-0.25, -0.2) is 9.37 Å². The molecule has 30 heavy (non-hydrogen) atoms. The van der Waals surface area contributed by atoms with Crippen molar-refractivity contribution in [3.63, 3.8) is 0 Å². The summed E-state index contributed by atoms with van der Waals surface area (Å²) in [5.74, 6) is 0.116. The van der Waals surface area contributed by atoms with Crippen LogP contribution < -0.4 is 10.1 Å². The first-order valence-corrected chi connectivity index (χ1v) is 9.40. The molecular weight excluding hydrogens is 381 g/mol. The molecule has 6 heteroatoms. The number of halogens is 1. The molecule has 150 valence electrons. The number of carbonyl (C=O) groups excluding carboxylic acids is 1. The predicted molar refractivity (Wildman–Crippen MR) is 115 cm³/mol. The van der Waals surface area contributed by atoms with Gasteiger partial charge in [-0.05, 0) is 54.4 Å². The molecule has 4 rings (SSSR count). The minimum atomic E-state index is -0.278. The zero-order valence-corrected chi connectivity index (χ0v) is 16.6. The molecule has 0 saturated heterocycles. The Morgan fingerprint density at radius 2 is 1.67 bits per heavy atom. The van der Waals surface area contributed by atoms with E-state index in [-0.39, 0.29) is 11.7 Å². The van der Waals surface area contributed by atoms with E-state index in [9.17, 15) is 9.18 Å². The van der Waals surface area contributed by atoms with Gasteiger partial charge in [-0.3, -0.25) is 4.79 Å². The van der Waals surface area contributed by atoms with Crippen molar-refractivity contribution in [3.8, 4) is 22.6 Å². The standard InChI is InChI=1S/C24H20FN3O2/c1-16-14-28(15-26-16)22-12-11-21(13-23(22)30-2)27-24(29)19-5-3-17(4-6-19)18-7-9-20(25)10-8-18/h3-15H,1-2H3,(H,27,29). The van der Waals surface area contributed by atoms with Crippen LogP contribution in [-0.4, -0.2) is 22.6 Å². The van der Waals surface area contributed by atoms with Gasteiger partial charge in [-0.2, -0.15) is 0 Å². The average molecular weight is 401 g/mol. The van der Waals surface area contributed by atoms with E-state index in [1.54, 1.807) is 43.8 Å². The maximum atomic E-state index is 13.1. The Balaban J connectivity index is 1.51. The Morgan fingerprint density at radius 1 is 1.00 bits per heavy atom. The van der Waals surface area contributed by atoms with Crippen molar-refractivity contribution in [1.29, 1.82) is 0 Å². The van der Waals surface area contributed by atoms with Crippen LogP contribution in [0.1, 0.15) is 16.1 Å². The molecule has 4 aromatic rings. The van der Waals surface area contributed by atoms with E-state index >= 15 is 0 Å². The number of imidazole rings is 1. The monoisotopic (exact) mass is 401 g/mol. The Bertz CT molecular complexity index is 1180. The van der Waals surface area contributed by atoms with Gasteiger partial charge in [0.25, 0.3) is 5.91 Å². The smallest absolute Gasteiger partial charge is 0.255 e. The number of nitrogens with zero attached hydrogens (tertiary/aromatic N) is 2. The van der Waals surface area contributed by atoms with Gasteiger partial charge in [0.2, 0.25) is 0 Å². The summed E-state index contributed by atoms with van der Waals surface area (Å²) in [4.78, 5) is 16.9. The van der Waals surface area contributed by atoms with E-state index in [1.807, 2.05) is 42.0 Å². The number of methoxy groups -OCH3 is 1. The number of amides is 1. The number of hydrogen-bond donors (Lipinski definition) is 1. The van der Waals surface area contributed by atoms with Gasteiger partial charge in [0.05, 0.1) is 24.8 Å². The lowest BCUT2D eigenvalue weighted by Crippen LogP contribution is -2.12. The van der Waals surface area contributed by atoms with Gasteiger partial charge < -0.3 is 14.6 Å². The largest absolute Gasteiger partial charge is 0.494 e. The summed E-state index contributed by atoms with van der Waals surface area (Å²) in [7, 11) is 1.59. The normalized spacial score (nSPS) is 10.6. The summed E-state index contributed by atoms with van der Waals surface area (Å²) in [6.45, 7) is 1.92. The lowest BCUT2D eigenvalue weighted by atomic mass is 10.0. The quantitative estimate of drug-likeness (QED) is 0.497. The van der Waals surface area contributed by atoms with Crippen molar-refractivity contribution in [2.45, 2.75) is 6.92 Å². The molecule has 1 N–H and O–H groups in total. The first kappa shape index (κ1) is 19.4. The van der Waals surface area contributed by atoms with Crippen LogP contribution in [0.5, 0.6) is 5.75 Å². The van der Waals surface area contributed by atoms with Gasteiger partial charge >= 0.3 is 0 Å². The van der Waals surface area contributed by atoms with Crippen LogP contribution >= 0.6 is 0 Å². The first-order chi connectivity index (χ1) is 14.5. The van der Waals surface area contributed by atoms with E-state index in [4.69, 9.17) is 4.74 Å². The summed E-state index contributed by atoms with van der Waals surface area (Å²) in [6.07, 6.45) is 3.62. The van der Waals surface area contributed by atoms with Gasteiger partial charge in [0.15, 0.2) is 0 Å². The molecule has 1 aromatic heterocycles. The predicted octanol–water partition coefficient (Wildman–Crippen LogP) is 5.25. The first-order valence-electron chi connectivity index (χ1n) is 9.40. The Kier molecular flexibility index (Phi) is 5.30. The van der Waals surface area contributed by atoms with Crippen LogP contribution in [0.3, 0.4) is 0 Å². The third-order valence-electron chi connectivity index (χ3n) is 4.75. The number of benzene rings is 3. The van der Waals surface area contributed by atoms with Crippen molar-refractivity contribution in [3.05, 3.63) is 96.3 Å². The van der Waals surface area contributed by atoms with Crippen LogP contribution in [0.25, 0.3) is 16.8 Å². The second-order valence-electron chi connectivity index (χ2n) is 6.85. The molecule has 5 nitrogen and oxygen atoms in total. The summed E-state index contributed by atoms with van der Waals surface area (Å²) in [6, 6.07) is 18.9. The van der Waals surface area contributed by atoms with Crippen molar-refractivity contribution in [1.82, 2.24) is 9.55 Å². The number of rotatable bonds is 5. The highest BCUT2D eigenvalue weighted by Crippen LogP contribution is 2.27. The van der Waals surface area contributed by atoms with Crippen molar-refractivity contribution < 1.29 is 13.9 Å². The second-order valence-corrected chi connectivity index (χ2v) is 6.85. The molecule has 1 amide bonds. The van der Waals surface area contributed by atoms with Crippen LogP contribution in [-0.2, 0) is 0 Å². The molecule has 1 heterocycles. The number of aryl methyl sites for hydroxylation is 1. The minimum Gasteiger partial charge on any atom is -0.494 e. The molecule has 0 radical (unpaired) electrons. The van der Waals surface area contributed by atoms with E-state index < -0.39 is 0 Å². The maximum Gasteiger partial charge on any atom is 0.255 e. The Labute approximate surface area is 173 Å². The summed E-state index contributed by atoms with van der Waals surface area (Å²) in [5, 5.41) is 2.89. The fourth-order valence-electron chi connectivity index (χ4n) is 3.18. The molecule has 0 aliphatic rings. The molecule has 0 spiro atoms. The van der Waals surface area contributed by atoms with E-state index in [2.05, 4.69) is 10.3 Å². The second kappa shape index (κ2) is 8.21. The Hall–Kier alpha value is -3.93. The number of nitrogens with one attached hydrogen (secondary N) is 1. The zero-order chi connectivity index (χ0) is 21.1. The third kappa shape index (κ3) is 4.07. The molecule has 0 atom stereocenters. The summed E-state index contributed by atoms with van der Waals surface area (Å²) < 4.78 is 20.4. The lowest BCUT2D eigenvalue weighted by Gasteiger charge is -2.12. The highest BCUT2D eigenvalue weighted by atomic mass is 19.1. The third-order valence-corrected chi connectivity index (χ3v) is 4.75. The van der Waals surface area contributed by atoms with Crippen molar-refractivity contribution in [2.75, 3.05) is 12.4 Å². The average Bonchev–Trinajstić information content (AvgIpc) is 3.20. The fraction of sp³-hybridized carbons (Fsp3) is 0.0833. The molecule has 0 aliphatic carbocycles. The molecule has 0 aliphatic heterocycles. The maximum absolute atomic E-state index is 13.1. The number of hydrogen-bond acceptors (Lipinski definition) is 3. The molecular formula is C24H20FN3O2. The fourth-order valence-corrected chi connectivity index (χ4v) is 3.18. The van der Waals surface area contributed by atoms with Gasteiger partial charge in [0.1, 0.15) is 11.6 Å². The number of carbonyl (C=O) groups is 1. The van der Waals surface area contributed by atoms with Crippen LogP contribution in [0.2, 0.25) is 0 Å². The number of aromatic nitrogens is 2. The number of anilines is 1. The zero-order valence-electron chi connectivity index (χ0n) is 16.6. The van der Waals surface area contributed by atoms with Crippen molar-refractivity contribution >= 4 is 11.6 Å². The van der Waals surface area contributed by atoms with Crippen LogP contribution in [0.4, 0.5) is 10.1 Å². The van der Waals surface area contributed by atoms with Crippen LogP contribution in [0, 0.1) is 12.7 Å². The SMILES string of the molecule is COc1cc(NC(=O)c2ccc(-c3ccc(F)cc3)cc2)ccc1-n1cnc(C)c1. The molecule has 0 unspecified atom stereocenters. The van der Waals surface area contributed by atoms with E-state index in [0.29, 0.717) is 17.0 Å². The number of ether oxygens (including phenoxy) is 1. The summed E-state index contributed by atoms with van der Waals surface area (Å²) in [5.41, 5.74) is 4.68. The van der Waals surface area contributed by atoms with E-state index in [0.717, 1.165) is 22.5 Å². The highest BCUT2D eigenvalue weighted by molar-refractivity contribution is 6.04. The topological polar surface area (TPSA) is 56.1 Å².